The Kier molecular flexibility index (Phi) is 6.88. The summed E-state index contributed by atoms with van der Waals surface area (Å²) in [6.07, 6.45) is 8.41. The van der Waals surface area contributed by atoms with Gasteiger partial charge in [-0.05, 0) is 31.2 Å². The van der Waals surface area contributed by atoms with Gasteiger partial charge < -0.3 is 15.6 Å². The average Bonchev–Trinajstić information content (AvgIpc) is 3.23. The second-order valence-electron chi connectivity index (χ2n) is 5.75. The largest absolute Gasteiger partial charge is 0.370 e. The van der Waals surface area contributed by atoms with Crippen LogP contribution in [0.2, 0.25) is 0 Å². The standard InChI is InChI=1S/C17H23N5.HI/c18-17(21-15-8-9-15)20-13-16-19-10-12-22(16)11-4-7-14-5-2-1-3-6-14;/h1-3,5-6,10,12,15H,4,7-9,11,13H2,(H3,18,20,21);1H. The molecule has 124 valence electrons. The normalized spacial score (nSPS) is 14.3. The van der Waals surface area contributed by atoms with E-state index in [1.807, 2.05) is 12.4 Å². The third-order valence-electron chi connectivity index (χ3n) is 3.83. The molecule has 0 spiro atoms. The van der Waals surface area contributed by atoms with Crippen LogP contribution >= 0.6 is 24.0 Å². The van der Waals surface area contributed by atoms with Crippen molar-refractivity contribution in [2.45, 2.75) is 44.8 Å². The predicted molar refractivity (Wildman–Crippen MR) is 104 cm³/mol. The van der Waals surface area contributed by atoms with Gasteiger partial charge in [-0.2, -0.15) is 0 Å². The van der Waals surface area contributed by atoms with E-state index in [-0.39, 0.29) is 24.0 Å². The van der Waals surface area contributed by atoms with E-state index in [4.69, 9.17) is 5.73 Å². The van der Waals surface area contributed by atoms with E-state index in [0.717, 1.165) is 25.2 Å². The second kappa shape index (κ2) is 8.90. The highest BCUT2D eigenvalue weighted by atomic mass is 127. The molecule has 0 radical (unpaired) electrons. The molecule has 1 fully saturated rings. The highest BCUT2D eigenvalue weighted by Gasteiger charge is 2.21. The Labute approximate surface area is 154 Å². The molecule has 1 aliphatic carbocycles. The van der Waals surface area contributed by atoms with Gasteiger partial charge in [0, 0.05) is 25.0 Å². The number of aromatic nitrogens is 2. The first-order valence-electron chi connectivity index (χ1n) is 7.91. The predicted octanol–water partition coefficient (Wildman–Crippen LogP) is 2.70. The van der Waals surface area contributed by atoms with E-state index < -0.39 is 0 Å². The molecule has 1 aromatic heterocycles. The van der Waals surface area contributed by atoms with E-state index in [1.54, 1.807) is 0 Å². The maximum atomic E-state index is 5.86. The Morgan fingerprint density at radius 1 is 1.30 bits per heavy atom. The molecule has 23 heavy (non-hydrogen) atoms. The smallest absolute Gasteiger partial charge is 0.189 e. The first kappa shape index (κ1) is 17.8. The van der Waals surface area contributed by atoms with Crippen LogP contribution in [-0.4, -0.2) is 21.6 Å². The van der Waals surface area contributed by atoms with Gasteiger partial charge in [0.05, 0.1) is 0 Å². The van der Waals surface area contributed by atoms with E-state index in [1.165, 1.54) is 18.4 Å². The van der Waals surface area contributed by atoms with Gasteiger partial charge in [0.2, 0.25) is 0 Å². The zero-order valence-corrected chi connectivity index (χ0v) is 15.5. The average molecular weight is 425 g/mol. The van der Waals surface area contributed by atoms with E-state index in [0.29, 0.717) is 18.5 Å². The molecule has 5 nitrogen and oxygen atoms in total. The minimum absolute atomic E-state index is 0. The van der Waals surface area contributed by atoms with Gasteiger partial charge in [-0.15, -0.1) is 24.0 Å². The van der Waals surface area contributed by atoms with Crippen molar-refractivity contribution in [3.05, 3.63) is 54.1 Å². The van der Waals surface area contributed by atoms with Crippen molar-refractivity contribution in [2.24, 2.45) is 10.7 Å². The summed E-state index contributed by atoms with van der Waals surface area (Å²) in [5.74, 6) is 1.50. The van der Waals surface area contributed by atoms with Crippen LogP contribution in [-0.2, 0) is 19.5 Å². The second-order valence-corrected chi connectivity index (χ2v) is 5.75. The molecule has 3 rings (SSSR count). The lowest BCUT2D eigenvalue weighted by atomic mass is 10.1. The molecule has 0 amide bonds. The molecule has 1 heterocycles. The van der Waals surface area contributed by atoms with E-state index in [2.05, 4.69) is 50.2 Å². The van der Waals surface area contributed by atoms with Crippen molar-refractivity contribution in [1.82, 2.24) is 14.9 Å². The number of hydrogen-bond acceptors (Lipinski definition) is 2. The number of guanidine groups is 1. The van der Waals surface area contributed by atoms with Crippen LogP contribution in [0.4, 0.5) is 0 Å². The number of imidazole rings is 1. The fraction of sp³-hybridized carbons (Fsp3) is 0.412. The Morgan fingerprint density at radius 2 is 2.09 bits per heavy atom. The molecular formula is C17H24IN5. The van der Waals surface area contributed by atoms with Gasteiger partial charge in [0.1, 0.15) is 12.4 Å². The van der Waals surface area contributed by atoms with Crippen molar-refractivity contribution in [2.75, 3.05) is 0 Å². The van der Waals surface area contributed by atoms with Crippen LogP contribution in [0, 0.1) is 0 Å². The number of hydrogen-bond donors (Lipinski definition) is 2. The molecule has 0 saturated heterocycles. The summed E-state index contributed by atoms with van der Waals surface area (Å²) in [4.78, 5) is 8.75. The molecular weight excluding hydrogens is 401 g/mol. The lowest BCUT2D eigenvalue weighted by molar-refractivity contribution is 0.611. The third kappa shape index (κ3) is 5.85. The summed E-state index contributed by atoms with van der Waals surface area (Å²) < 4.78 is 2.16. The summed E-state index contributed by atoms with van der Waals surface area (Å²) in [6, 6.07) is 11.1. The molecule has 0 bridgehead atoms. The van der Waals surface area contributed by atoms with Gasteiger partial charge in [-0.25, -0.2) is 9.98 Å². The topological polar surface area (TPSA) is 68.2 Å². The summed E-state index contributed by atoms with van der Waals surface area (Å²) in [7, 11) is 0. The molecule has 0 unspecified atom stereocenters. The number of nitrogens with two attached hydrogens (primary N) is 1. The molecule has 2 aromatic rings. The molecule has 0 atom stereocenters. The summed E-state index contributed by atoms with van der Waals surface area (Å²) in [5, 5.41) is 3.19. The third-order valence-corrected chi connectivity index (χ3v) is 3.83. The van der Waals surface area contributed by atoms with Crippen LogP contribution in [0.1, 0.15) is 30.7 Å². The van der Waals surface area contributed by atoms with Crippen molar-refractivity contribution >= 4 is 29.9 Å². The molecule has 1 aliphatic rings. The SMILES string of the molecule is I.NC(=NCc1nccn1CCCc1ccccc1)NC1CC1. The number of nitrogens with one attached hydrogen (secondary N) is 1. The van der Waals surface area contributed by atoms with Crippen molar-refractivity contribution in [3.63, 3.8) is 0 Å². The summed E-state index contributed by atoms with van der Waals surface area (Å²) in [6.45, 7) is 1.49. The molecule has 1 saturated carbocycles. The monoisotopic (exact) mass is 425 g/mol. The van der Waals surface area contributed by atoms with Crippen LogP contribution in [0.15, 0.2) is 47.7 Å². The van der Waals surface area contributed by atoms with E-state index in [9.17, 15) is 0 Å². The van der Waals surface area contributed by atoms with Gasteiger partial charge in [0.25, 0.3) is 0 Å². The fourth-order valence-corrected chi connectivity index (χ4v) is 2.43. The maximum absolute atomic E-state index is 5.86. The summed E-state index contributed by atoms with van der Waals surface area (Å²) in [5.41, 5.74) is 7.23. The first-order valence-corrected chi connectivity index (χ1v) is 7.91. The highest BCUT2D eigenvalue weighted by Crippen LogP contribution is 2.18. The lowest BCUT2D eigenvalue weighted by Crippen LogP contribution is -2.33. The zero-order chi connectivity index (χ0) is 15.2. The van der Waals surface area contributed by atoms with E-state index >= 15 is 0 Å². The van der Waals surface area contributed by atoms with Crippen LogP contribution in [0.5, 0.6) is 0 Å². The van der Waals surface area contributed by atoms with Gasteiger partial charge >= 0.3 is 0 Å². The van der Waals surface area contributed by atoms with Crippen LogP contribution in [0.25, 0.3) is 0 Å². The number of aliphatic imine (C=N–C) groups is 1. The highest BCUT2D eigenvalue weighted by molar-refractivity contribution is 14.0. The van der Waals surface area contributed by atoms with Crippen molar-refractivity contribution in [1.29, 1.82) is 0 Å². The lowest BCUT2D eigenvalue weighted by Gasteiger charge is -2.07. The molecule has 0 aliphatic heterocycles. The number of nitrogens with zero attached hydrogens (tertiary/aromatic N) is 3. The Morgan fingerprint density at radius 3 is 2.83 bits per heavy atom. The Balaban J connectivity index is 0.00000192. The Bertz CT molecular complexity index is 619. The summed E-state index contributed by atoms with van der Waals surface area (Å²) >= 11 is 0. The number of aryl methyl sites for hydroxylation is 2. The number of rotatable bonds is 7. The molecule has 6 heteroatoms. The maximum Gasteiger partial charge on any atom is 0.189 e. The number of halogens is 1. The Hall–Kier alpha value is -1.57. The first-order chi connectivity index (χ1) is 10.8. The van der Waals surface area contributed by atoms with Gasteiger partial charge in [-0.1, -0.05) is 30.3 Å². The zero-order valence-electron chi connectivity index (χ0n) is 13.2. The molecule has 3 N–H and O–H groups in total. The fourth-order valence-electron chi connectivity index (χ4n) is 2.43. The number of benzene rings is 1. The van der Waals surface area contributed by atoms with Gasteiger partial charge in [-0.3, -0.25) is 0 Å². The van der Waals surface area contributed by atoms with Crippen molar-refractivity contribution < 1.29 is 0 Å². The van der Waals surface area contributed by atoms with Crippen molar-refractivity contribution in [3.8, 4) is 0 Å². The van der Waals surface area contributed by atoms with Crippen LogP contribution in [0.3, 0.4) is 0 Å². The minimum atomic E-state index is 0. The minimum Gasteiger partial charge on any atom is -0.370 e. The quantitative estimate of drug-likeness (QED) is 0.407. The van der Waals surface area contributed by atoms with Gasteiger partial charge in [0.15, 0.2) is 5.96 Å². The van der Waals surface area contributed by atoms with Crippen LogP contribution < -0.4 is 11.1 Å². The molecule has 1 aromatic carbocycles.